The van der Waals surface area contributed by atoms with Crippen LogP contribution in [0, 0.1) is 27.7 Å². The Hall–Kier alpha value is -1.39. The minimum Gasteiger partial charge on any atom is -0.394 e. The molecular formula is C14H22N2O2. The molecule has 18 heavy (non-hydrogen) atoms. The zero-order valence-electron chi connectivity index (χ0n) is 11.5. The number of benzene rings is 1. The lowest BCUT2D eigenvalue weighted by molar-refractivity contribution is -0.123. The SMILES string of the molecule is Cc1cc(C)c(C)c(CNC(=O)C(N)CO)c1C. The zero-order chi connectivity index (χ0) is 13.9. The van der Waals surface area contributed by atoms with Gasteiger partial charge in [0.1, 0.15) is 6.04 Å². The van der Waals surface area contributed by atoms with Crippen LogP contribution in [0.4, 0.5) is 0 Å². The number of aliphatic hydroxyl groups is 1. The first kappa shape index (κ1) is 14.7. The highest BCUT2D eigenvalue weighted by molar-refractivity contribution is 5.81. The normalized spacial score (nSPS) is 12.3. The van der Waals surface area contributed by atoms with Gasteiger partial charge in [-0.2, -0.15) is 0 Å². The highest BCUT2D eigenvalue weighted by Crippen LogP contribution is 2.21. The molecule has 0 saturated carbocycles. The van der Waals surface area contributed by atoms with Crippen LogP contribution < -0.4 is 11.1 Å². The Balaban J connectivity index is 2.89. The maximum atomic E-state index is 11.5. The molecule has 100 valence electrons. The van der Waals surface area contributed by atoms with E-state index >= 15 is 0 Å². The number of aryl methyl sites for hydroxylation is 2. The van der Waals surface area contributed by atoms with Crippen LogP contribution in [0.25, 0.3) is 0 Å². The number of nitrogens with two attached hydrogens (primary N) is 1. The molecule has 1 aromatic carbocycles. The molecule has 0 radical (unpaired) electrons. The number of hydrogen-bond acceptors (Lipinski definition) is 3. The van der Waals surface area contributed by atoms with Gasteiger partial charge in [-0.05, 0) is 55.5 Å². The largest absolute Gasteiger partial charge is 0.394 e. The van der Waals surface area contributed by atoms with Gasteiger partial charge in [0, 0.05) is 6.54 Å². The first-order chi connectivity index (χ1) is 8.38. The molecule has 0 aliphatic rings. The number of amides is 1. The van der Waals surface area contributed by atoms with Crippen molar-refractivity contribution in [2.45, 2.75) is 40.3 Å². The van der Waals surface area contributed by atoms with Gasteiger partial charge in [0.25, 0.3) is 0 Å². The van der Waals surface area contributed by atoms with Gasteiger partial charge in [0.2, 0.25) is 5.91 Å². The van der Waals surface area contributed by atoms with Gasteiger partial charge in [0.05, 0.1) is 6.61 Å². The van der Waals surface area contributed by atoms with Gasteiger partial charge < -0.3 is 16.2 Å². The maximum absolute atomic E-state index is 11.5. The van der Waals surface area contributed by atoms with Crippen molar-refractivity contribution in [2.24, 2.45) is 5.73 Å². The average Bonchev–Trinajstić information content (AvgIpc) is 2.35. The smallest absolute Gasteiger partial charge is 0.239 e. The van der Waals surface area contributed by atoms with Crippen molar-refractivity contribution < 1.29 is 9.90 Å². The number of nitrogens with one attached hydrogen (secondary N) is 1. The summed E-state index contributed by atoms with van der Waals surface area (Å²) >= 11 is 0. The summed E-state index contributed by atoms with van der Waals surface area (Å²) in [6.07, 6.45) is 0. The second kappa shape index (κ2) is 5.98. The molecule has 1 atom stereocenters. The summed E-state index contributed by atoms with van der Waals surface area (Å²) in [5, 5.41) is 11.6. The Morgan fingerprint density at radius 1 is 1.28 bits per heavy atom. The van der Waals surface area contributed by atoms with Crippen molar-refractivity contribution in [3.05, 3.63) is 33.9 Å². The van der Waals surface area contributed by atoms with E-state index in [-0.39, 0.29) is 12.5 Å². The first-order valence-electron chi connectivity index (χ1n) is 6.09. The molecule has 0 fully saturated rings. The molecule has 1 unspecified atom stereocenters. The molecule has 0 aliphatic heterocycles. The highest BCUT2D eigenvalue weighted by Gasteiger charge is 2.13. The molecule has 4 nitrogen and oxygen atoms in total. The number of aliphatic hydroxyl groups excluding tert-OH is 1. The minimum atomic E-state index is -0.850. The van der Waals surface area contributed by atoms with Crippen LogP contribution in [0.1, 0.15) is 27.8 Å². The number of carbonyl (C=O) groups is 1. The van der Waals surface area contributed by atoms with Crippen LogP contribution in [0.15, 0.2) is 6.07 Å². The molecular weight excluding hydrogens is 228 g/mol. The molecule has 0 bridgehead atoms. The third-order valence-corrected chi connectivity index (χ3v) is 3.49. The predicted octanol–water partition coefficient (Wildman–Crippen LogP) is 0.856. The fraction of sp³-hybridized carbons (Fsp3) is 0.500. The second-order valence-electron chi connectivity index (χ2n) is 4.75. The van der Waals surface area contributed by atoms with Crippen molar-refractivity contribution >= 4 is 5.91 Å². The Morgan fingerprint density at radius 2 is 1.78 bits per heavy atom. The summed E-state index contributed by atoms with van der Waals surface area (Å²) in [4.78, 5) is 11.5. The van der Waals surface area contributed by atoms with Crippen molar-refractivity contribution in [1.82, 2.24) is 5.32 Å². The van der Waals surface area contributed by atoms with E-state index in [0.717, 1.165) is 5.56 Å². The average molecular weight is 250 g/mol. The molecule has 0 spiro atoms. The Morgan fingerprint density at radius 3 is 2.22 bits per heavy atom. The molecule has 0 aliphatic carbocycles. The van der Waals surface area contributed by atoms with E-state index in [1.807, 2.05) is 0 Å². The third-order valence-electron chi connectivity index (χ3n) is 3.49. The summed E-state index contributed by atoms with van der Waals surface area (Å²) in [6, 6.07) is 1.30. The quantitative estimate of drug-likeness (QED) is 0.741. The van der Waals surface area contributed by atoms with Crippen molar-refractivity contribution in [3.63, 3.8) is 0 Å². The number of rotatable bonds is 4. The second-order valence-corrected chi connectivity index (χ2v) is 4.75. The van der Waals surface area contributed by atoms with E-state index in [9.17, 15) is 4.79 Å². The van der Waals surface area contributed by atoms with E-state index < -0.39 is 6.04 Å². The van der Waals surface area contributed by atoms with E-state index in [2.05, 4.69) is 39.1 Å². The number of hydrogen-bond donors (Lipinski definition) is 3. The third kappa shape index (κ3) is 3.09. The molecule has 1 aromatic rings. The lowest BCUT2D eigenvalue weighted by Gasteiger charge is -2.17. The van der Waals surface area contributed by atoms with Crippen LogP contribution in [0.3, 0.4) is 0 Å². The molecule has 4 N–H and O–H groups in total. The van der Waals surface area contributed by atoms with Crippen LogP contribution >= 0.6 is 0 Å². The van der Waals surface area contributed by atoms with E-state index in [0.29, 0.717) is 6.54 Å². The summed E-state index contributed by atoms with van der Waals surface area (Å²) < 4.78 is 0. The maximum Gasteiger partial charge on any atom is 0.239 e. The fourth-order valence-electron chi connectivity index (χ4n) is 1.95. The van der Waals surface area contributed by atoms with Gasteiger partial charge in [-0.15, -0.1) is 0 Å². The Bertz CT molecular complexity index is 429. The standard InChI is InChI=1S/C14H22N2O2/c1-8-5-9(2)11(4)12(10(8)3)6-16-14(18)13(15)7-17/h5,13,17H,6-7,15H2,1-4H3,(H,16,18). The van der Waals surface area contributed by atoms with Crippen LogP contribution in [-0.2, 0) is 11.3 Å². The molecule has 4 heteroatoms. The fourth-order valence-corrected chi connectivity index (χ4v) is 1.95. The molecule has 0 heterocycles. The van der Waals surface area contributed by atoms with Crippen LogP contribution in [-0.4, -0.2) is 23.7 Å². The summed E-state index contributed by atoms with van der Waals surface area (Å²) in [5.41, 5.74) is 11.4. The van der Waals surface area contributed by atoms with Gasteiger partial charge >= 0.3 is 0 Å². The molecule has 0 saturated heterocycles. The summed E-state index contributed by atoms with van der Waals surface area (Å²) in [5.74, 6) is -0.324. The number of carbonyl (C=O) groups excluding carboxylic acids is 1. The van der Waals surface area contributed by atoms with Gasteiger partial charge in [-0.3, -0.25) is 4.79 Å². The zero-order valence-corrected chi connectivity index (χ0v) is 11.5. The van der Waals surface area contributed by atoms with Gasteiger partial charge in [-0.25, -0.2) is 0 Å². The predicted molar refractivity (Wildman–Crippen MR) is 72.3 cm³/mol. The highest BCUT2D eigenvalue weighted by atomic mass is 16.3. The van der Waals surface area contributed by atoms with Crippen LogP contribution in [0.2, 0.25) is 0 Å². The molecule has 0 aromatic heterocycles. The topological polar surface area (TPSA) is 75.4 Å². The molecule has 1 rings (SSSR count). The summed E-state index contributed by atoms with van der Waals surface area (Å²) in [6.45, 7) is 8.34. The Labute approximate surface area is 108 Å². The van der Waals surface area contributed by atoms with Crippen LogP contribution in [0.5, 0.6) is 0 Å². The lowest BCUT2D eigenvalue weighted by atomic mass is 9.94. The van der Waals surface area contributed by atoms with Crippen molar-refractivity contribution in [1.29, 1.82) is 0 Å². The minimum absolute atomic E-state index is 0.324. The van der Waals surface area contributed by atoms with Crippen molar-refractivity contribution in [2.75, 3.05) is 6.61 Å². The lowest BCUT2D eigenvalue weighted by Crippen LogP contribution is -2.42. The van der Waals surface area contributed by atoms with Gasteiger partial charge in [0.15, 0.2) is 0 Å². The monoisotopic (exact) mass is 250 g/mol. The van der Waals surface area contributed by atoms with E-state index in [1.165, 1.54) is 22.3 Å². The van der Waals surface area contributed by atoms with E-state index in [1.54, 1.807) is 0 Å². The Kier molecular flexibility index (Phi) is 4.87. The first-order valence-corrected chi connectivity index (χ1v) is 6.09. The van der Waals surface area contributed by atoms with Gasteiger partial charge in [-0.1, -0.05) is 6.07 Å². The van der Waals surface area contributed by atoms with E-state index in [4.69, 9.17) is 10.8 Å². The van der Waals surface area contributed by atoms with Crippen molar-refractivity contribution in [3.8, 4) is 0 Å². The summed E-state index contributed by atoms with van der Waals surface area (Å²) in [7, 11) is 0. The molecule has 1 amide bonds.